The smallest absolute Gasteiger partial charge is 0.279 e. The van der Waals surface area contributed by atoms with Gasteiger partial charge >= 0.3 is 0 Å². The Kier molecular flexibility index (Phi) is 5.38. The molecule has 0 aromatic rings. The topological polar surface area (TPSA) is 61.9 Å². The molecule has 0 amide bonds. The van der Waals surface area contributed by atoms with Gasteiger partial charge in [0, 0.05) is 32.7 Å². The maximum absolute atomic E-state index is 11.9. The van der Waals surface area contributed by atoms with Crippen LogP contribution in [0.2, 0.25) is 0 Å². The van der Waals surface area contributed by atoms with Gasteiger partial charge in [0.05, 0.1) is 13.2 Å². The summed E-state index contributed by atoms with van der Waals surface area (Å²) in [6, 6.07) is 0. The van der Waals surface area contributed by atoms with E-state index in [2.05, 4.69) is 9.62 Å². The van der Waals surface area contributed by atoms with Crippen LogP contribution in [-0.4, -0.2) is 70.1 Å². The van der Waals surface area contributed by atoms with Crippen LogP contribution in [0.5, 0.6) is 0 Å². The second kappa shape index (κ2) is 6.81. The van der Waals surface area contributed by atoms with E-state index < -0.39 is 10.2 Å². The number of nitrogens with zero attached hydrogens (tertiary/aromatic N) is 2. The minimum atomic E-state index is -3.22. The summed E-state index contributed by atoms with van der Waals surface area (Å²) in [4.78, 5) is 2.31. The van der Waals surface area contributed by atoms with Crippen LogP contribution < -0.4 is 4.72 Å². The predicted molar refractivity (Wildman–Crippen MR) is 69.6 cm³/mol. The normalized spacial score (nSPS) is 23.6. The molecule has 106 valence electrons. The Hall–Kier alpha value is -0.210. The first-order valence-electron chi connectivity index (χ1n) is 6.73. The van der Waals surface area contributed by atoms with Gasteiger partial charge in [-0.2, -0.15) is 12.7 Å². The standard InChI is InChI=1S/C11H23N3O3S/c15-18(16,14-6-1-2-7-14)12-4-3-5-13-8-10-17-11-9-13/h12H,1-11H2. The second-order valence-electron chi connectivity index (χ2n) is 4.81. The highest BCUT2D eigenvalue weighted by molar-refractivity contribution is 7.87. The van der Waals surface area contributed by atoms with Crippen molar-refractivity contribution in [1.82, 2.24) is 13.9 Å². The zero-order valence-corrected chi connectivity index (χ0v) is 11.6. The van der Waals surface area contributed by atoms with Gasteiger partial charge in [-0.05, 0) is 25.8 Å². The first-order valence-corrected chi connectivity index (χ1v) is 8.17. The lowest BCUT2D eigenvalue weighted by Gasteiger charge is -2.26. The summed E-state index contributed by atoms with van der Waals surface area (Å²) >= 11 is 0. The van der Waals surface area contributed by atoms with Crippen LogP contribution in [0.3, 0.4) is 0 Å². The van der Waals surface area contributed by atoms with Crippen LogP contribution in [0.1, 0.15) is 19.3 Å². The average Bonchev–Trinajstić information content (AvgIpc) is 2.91. The van der Waals surface area contributed by atoms with E-state index in [0.29, 0.717) is 19.6 Å². The predicted octanol–water partition coefficient (Wildman–Crippen LogP) is -0.361. The molecule has 0 spiro atoms. The molecule has 0 saturated carbocycles. The molecule has 2 aliphatic rings. The Morgan fingerprint density at radius 1 is 1.06 bits per heavy atom. The minimum absolute atomic E-state index is 0.524. The zero-order chi connectivity index (χ0) is 12.8. The van der Waals surface area contributed by atoms with Gasteiger partial charge in [-0.3, -0.25) is 4.90 Å². The van der Waals surface area contributed by atoms with Crippen molar-refractivity contribution in [2.75, 3.05) is 52.5 Å². The van der Waals surface area contributed by atoms with Crippen molar-refractivity contribution in [1.29, 1.82) is 0 Å². The maximum atomic E-state index is 11.9. The lowest BCUT2D eigenvalue weighted by Crippen LogP contribution is -2.41. The van der Waals surface area contributed by atoms with Crippen LogP contribution in [0.4, 0.5) is 0 Å². The average molecular weight is 277 g/mol. The van der Waals surface area contributed by atoms with Crippen LogP contribution in [-0.2, 0) is 14.9 Å². The van der Waals surface area contributed by atoms with Gasteiger partial charge in [0.25, 0.3) is 10.2 Å². The summed E-state index contributed by atoms with van der Waals surface area (Å²) in [6.45, 7) is 6.29. The van der Waals surface area contributed by atoms with E-state index in [0.717, 1.165) is 52.1 Å². The molecule has 2 saturated heterocycles. The molecule has 2 heterocycles. The molecule has 2 fully saturated rings. The summed E-state index contributed by atoms with van der Waals surface area (Å²) < 4.78 is 33.2. The fourth-order valence-corrected chi connectivity index (χ4v) is 3.67. The van der Waals surface area contributed by atoms with Gasteiger partial charge in [0.2, 0.25) is 0 Å². The van der Waals surface area contributed by atoms with E-state index in [1.165, 1.54) is 0 Å². The van der Waals surface area contributed by atoms with Gasteiger partial charge in [-0.1, -0.05) is 0 Å². The molecule has 2 rings (SSSR count). The Bertz CT molecular complexity index is 335. The van der Waals surface area contributed by atoms with Crippen molar-refractivity contribution in [2.45, 2.75) is 19.3 Å². The van der Waals surface area contributed by atoms with Crippen molar-refractivity contribution in [3.05, 3.63) is 0 Å². The van der Waals surface area contributed by atoms with Crippen LogP contribution in [0.25, 0.3) is 0 Å². The van der Waals surface area contributed by atoms with E-state index in [-0.39, 0.29) is 0 Å². The Morgan fingerprint density at radius 3 is 2.39 bits per heavy atom. The van der Waals surface area contributed by atoms with E-state index in [1.54, 1.807) is 4.31 Å². The molecule has 0 unspecified atom stereocenters. The third-order valence-electron chi connectivity index (χ3n) is 3.44. The highest BCUT2D eigenvalue weighted by Gasteiger charge is 2.24. The third-order valence-corrected chi connectivity index (χ3v) is 5.06. The molecule has 0 radical (unpaired) electrons. The molecule has 0 aromatic carbocycles. The zero-order valence-electron chi connectivity index (χ0n) is 10.8. The number of ether oxygens (including phenoxy) is 1. The summed E-state index contributed by atoms with van der Waals surface area (Å²) in [5.41, 5.74) is 0. The fourth-order valence-electron chi connectivity index (χ4n) is 2.35. The molecule has 6 nitrogen and oxygen atoms in total. The number of hydrogen-bond donors (Lipinski definition) is 1. The summed E-state index contributed by atoms with van der Waals surface area (Å²) in [6.07, 6.45) is 2.82. The molecule has 1 N–H and O–H groups in total. The SMILES string of the molecule is O=S(=O)(NCCCN1CCOCC1)N1CCCC1. The van der Waals surface area contributed by atoms with E-state index in [4.69, 9.17) is 4.74 Å². The summed E-state index contributed by atoms with van der Waals surface area (Å²) in [7, 11) is -3.22. The molecular formula is C11H23N3O3S. The van der Waals surface area contributed by atoms with E-state index >= 15 is 0 Å². The second-order valence-corrected chi connectivity index (χ2v) is 6.57. The molecular weight excluding hydrogens is 254 g/mol. The minimum Gasteiger partial charge on any atom is -0.379 e. The van der Waals surface area contributed by atoms with Crippen molar-refractivity contribution < 1.29 is 13.2 Å². The molecule has 0 aromatic heterocycles. The van der Waals surface area contributed by atoms with Gasteiger partial charge in [-0.15, -0.1) is 0 Å². The Balaban J connectivity index is 1.62. The fraction of sp³-hybridized carbons (Fsp3) is 1.00. The summed E-state index contributed by atoms with van der Waals surface area (Å²) in [5.74, 6) is 0. The number of nitrogens with one attached hydrogen (secondary N) is 1. The first-order chi connectivity index (χ1) is 8.68. The lowest BCUT2D eigenvalue weighted by molar-refractivity contribution is 0.0376. The van der Waals surface area contributed by atoms with Crippen LogP contribution in [0.15, 0.2) is 0 Å². The maximum Gasteiger partial charge on any atom is 0.279 e. The Morgan fingerprint density at radius 2 is 1.72 bits per heavy atom. The highest BCUT2D eigenvalue weighted by Crippen LogP contribution is 2.10. The van der Waals surface area contributed by atoms with Crippen molar-refractivity contribution >= 4 is 10.2 Å². The highest BCUT2D eigenvalue weighted by atomic mass is 32.2. The van der Waals surface area contributed by atoms with Gasteiger partial charge in [0.1, 0.15) is 0 Å². The molecule has 0 aliphatic carbocycles. The van der Waals surface area contributed by atoms with Gasteiger partial charge in [-0.25, -0.2) is 4.72 Å². The van der Waals surface area contributed by atoms with Crippen molar-refractivity contribution in [2.24, 2.45) is 0 Å². The number of rotatable bonds is 6. The van der Waals surface area contributed by atoms with E-state index in [1.807, 2.05) is 0 Å². The quantitative estimate of drug-likeness (QED) is 0.674. The van der Waals surface area contributed by atoms with E-state index in [9.17, 15) is 8.42 Å². The first kappa shape index (κ1) is 14.2. The van der Waals surface area contributed by atoms with Crippen molar-refractivity contribution in [3.8, 4) is 0 Å². The molecule has 0 atom stereocenters. The largest absolute Gasteiger partial charge is 0.379 e. The molecule has 18 heavy (non-hydrogen) atoms. The number of hydrogen-bond acceptors (Lipinski definition) is 4. The van der Waals surface area contributed by atoms with Crippen LogP contribution in [0, 0.1) is 0 Å². The molecule has 0 bridgehead atoms. The molecule has 2 aliphatic heterocycles. The third kappa shape index (κ3) is 4.17. The number of morpholine rings is 1. The van der Waals surface area contributed by atoms with Gasteiger partial charge < -0.3 is 4.74 Å². The Labute approximate surface area is 109 Å². The monoisotopic (exact) mass is 277 g/mol. The molecule has 7 heteroatoms. The van der Waals surface area contributed by atoms with Gasteiger partial charge in [0.15, 0.2) is 0 Å². The van der Waals surface area contributed by atoms with Crippen molar-refractivity contribution in [3.63, 3.8) is 0 Å². The van der Waals surface area contributed by atoms with Crippen LogP contribution >= 0.6 is 0 Å². The summed E-state index contributed by atoms with van der Waals surface area (Å²) in [5, 5.41) is 0. The lowest BCUT2D eigenvalue weighted by atomic mass is 10.3.